The maximum Gasteiger partial charge on any atom is 3.00 e. The van der Waals surface area contributed by atoms with Gasteiger partial charge in [0.05, 0.1) is 0 Å². The van der Waals surface area contributed by atoms with Crippen LogP contribution in [0, 0.1) is 48.5 Å². The van der Waals surface area contributed by atoms with E-state index in [9.17, 15) is 0 Å². The molecule has 43 heavy (non-hydrogen) atoms. The summed E-state index contributed by atoms with van der Waals surface area (Å²) in [6, 6.07) is 25.2. The molecule has 2 aliphatic carbocycles. The Bertz CT molecular complexity index is 1510. The van der Waals surface area contributed by atoms with Crippen molar-refractivity contribution in [1.82, 2.24) is 0 Å². The summed E-state index contributed by atoms with van der Waals surface area (Å²) in [5.74, 6) is 3.20. The van der Waals surface area contributed by atoms with Crippen LogP contribution in [0.5, 0.6) is 0 Å². The van der Waals surface area contributed by atoms with Gasteiger partial charge in [0.1, 0.15) is 0 Å². The Morgan fingerprint density at radius 2 is 1.53 bits per heavy atom. The topological polar surface area (TPSA) is 12.4 Å². The zero-order chi connectivity index (χ0) is 30.0. The molecule has 3 aromatic rings. The Hall–Kier alpha value is -2.54. The average molecular weight is 747 g/mol. The molecule has 0 saturated heterocycles. The number of allylic oxidation sites excluding steroid dienone is 5. The van der Waals surface area contributed by atoms with Crippen LogP contribution in [0.1, 0.15) is 84.4 Å². The summed E-state index contributed by atoms with van der Waals surface area (Å²) in [6.07, 6.45) is 15.1. The van der Waals surface area contributed by atoms with Crippen molar-refractivity contribution >= 4 is 16.5 Å². The number of rotatable bonds is 7. The van der Waals surface area contributed by atoms with Gasteiger partial charge in [0.2, 0.25) is 0 Å². The van der Waals surface area contributed by atoms with Gasteiger partial charge < -0.3 is 17.8 Å². The van der Waals surface area contributed by atoms with E-state index in [2.05, 4.69) is 153 Å². The minimum Gasteiger partial charge on any atom is -0.348 e. The zero-order valence-corrected chi connectivity index (χ0v) is 29.6. The number of benzene rings is 3. The summed E-state index contributed by atoms with van der Waals surface area (Å²) < 4.78 is 0. The molecule has 2 heteroatoms. The van der Waals surface area contributed by atoms with E-state index >= 15 is 0 Å². The van der Waals surface area contributed by atoms with E-state index in [1.807, 2.05) is 6.20 Å². The van der Waals surface area contributed by atoms with E-state index in [0.717, 1.165) is 6.42 Å². The van der Waals surface area contributed by atoms with Gasteiger partial charge in [-0.05, 0) is 47.0 Å². The monoisotopic (exact) mass is 747 g/mol. The van der Waals surface area contributed by atoms with Gasteiger partial charge in [-0.15, -0.1) is 28.8 Å². The van der Waals surface area contributed by atoms with Gasteiger partial charge in [-0.25, -0.2) is 0 Å². The zero-order valence-electron chi connectivity index (χ0n) is 27.2. The van der Waals surface area contributed by atoms with Gasteiger partial charge in [-0.2, -0.15) is 11.8 Å². The van der Waals surface area contributed by atoms with Crippen molar-refractivity contribution in [3.8, 4) is 0 Å². The van der Waals surface area contributed by atoms with E-state index in [0.29, 0.717) is 35.5 Å². The van der Waals surface area contributed by atoms with E-state index in [4.69, 9.17) is 4.99 Å². The van der Waals surface area contributed by atoms with Crippen LogP contribution in [0.2, 0.25) is 0 Å². The minimum atomic E-state index is 0. The second-order valence-electron chi connectivity index (χ2n) is 14.0. The molecule has 6 rings (SSSR count). The van der Waals surface area contributed by atoms with Crippen LogP contribution in [0.15, 0.2) is 101 Å². The van der Waals surface area contributed by atoms with E-state index in [1.165, 1.54) is 44.3 Å². The fourth-order valence-electron chi connectivity index (χ4n) is 7.13. The SMILES string of the molecule is CC(C)CC1=CC2C3C(=C1)C=CN=C3c1[c-]cc3ccccc3c1C2(C)C.CC(C)[CH-]C([CH-]C(C)C)c1ccccc1.[Ir+3]. The minimum absolute atomic E-state index is 0. The quantitative estimate of drug-likeness (QED) is 0.214. The molecular weight excluding hydrogens is 699 g/mol. The van der Waals surface area contributed by atoms with Crippen molar-refractivity contribution in [2.24, 2.45) is 34.6 Å². The number of nitrogens with zero attached hydrogens (tertiary/aromatic N) is 1. The van der Waals surface area contributed by atoms with Crippen LogP contribution in [0.4, 0.5) is 0 Å². The first-order chi connectivity index (χ1) is 20.1. The molecule has 226 valence electrons. The summed E-state index contributed by atoms with van der Waals surface area (Å²) in [4.78, 5) is 4.87. The number of fused-ring (bicyclic) bond motifs is 4. The predicted octanol–water partition coefficient (Wildman–Crippen LogP) is 10.9. The molecule has 0 saturated carbocycles. The molecule has 0 bridgehead atoms. The smallest absolute Gasteiger partial charge is 0.348 e. The van der Waals surface area contributed by atoms with E-state index in [1.54, 1.807) is 0 Å². The third-order valence-corrected chi connectivity index (χ3v) is 8.84. The van der Waals surface area contributed by atoms with Crippen molar-refractivity contribution in [2.75, 3.05) is 0 Å². The Kier molecular flexibility index (Phi) is 10.9. The summed E-state index contributed by atoms with van der Waals surface area (Å²) in [7, 11) is 0. The molecule has 1 heterocycles. The molecule has 1 nitrogen and oxygen atoms in total. The number of hydrogen-bond donors (Lipinski definition) is 0. The Labute approximate surface area is 275 Å². The number of aliphatic imine (C=N–C) groups is 1. The second-order valence-corrected chi connectivity index (χ2v) is 14.0. The average Bonchev–Trinajstić information content (AvgIpc) is 2.95. The van der Waals surface area contributed by atoms with Crippen LogP contribution in [0.3, 0.4) is 0 Å². The van der Waals surface area contributed by atoms with E-state index in [-0.39, 0.29) is 25.5 Å². The first-order valence-electron chi connectivity index (χ1n) is 15.9. The van der Waals surface area contributed by atoms with Crippen LogP contribution in [-0.2, 0) is 25.5 Å². The van der Waals surface area contributed by atoms with Gasteiger partial charge in [0, 0.05) is 6.20 Å². The normalized spacial score (nSPS) is 19.7. The molecule has 2 atom stereocenters. The Morgan fingerprint density at radius 3 is 2.19 bits per heavy atom. The molecule has 0 fully saturated rings. The molecule has 3 aromatic carbocycles. The largest absolute Gasteiger partial charge is 3.00 e. The van der Waals surface area contributed by atoms with Crippen LogP contribution in [0.25, 0.3) is 10.8 Å². The van der Waals surface area contributed by atoms with Gasteiger partial charge in [0.15, 0.2) is 0 Å². The molecule has 3 aliphatic rings. The maximum atomic E-state index is 4.87. The van der Waals surface area contributed by atoms with Crippen molar-refractivity contribution in [1.29, 1.82) is 0 Å². The third kappa shape index (κ3) is 7.24. The van der Waals surface area contributed by atoms with Gasteiger partial charge in [0.25, 0.3) is 0 Å². The summed E-state index contributed by atoms with van der Waals surface area (Å²) in [5.41, 5.74) is 8.17. The van der Waals surface area contributed by atoms with Gasteiger partial charge in [-0.1, -0.05) is 138 Å². The Morgan fingerprint density at radius 1 is 0.884 bits per heavy atom. The molecule has 0 radical (unpaired) electrons. The second kappa shape index (κ2) is 14.0. The molecule has 1 aliphatic heterocycles. The maximum absolute atomic E-state index is 4.87. The number of hydrogen-bond acceptors (Lipinski definition) is 1. The fourth-order valence-corrected chi connectivity index (χ4v) is 7.13. The predicted molar refractivity (Wildman–Crippen MR) is 182 cm³/mol. The summed E-state index contributed by atoms with van der Waals surface area (Å²) >= 11 is 0. The summed E-state index contributed by atoms with van der Waals surface area (Å²) in [5, 5.41) is 2.62. The van der Waals surface area contributed by atoms with Crippen LogP contribution in [-0.4, -0.2) is 5.71 Å². The van der Waals surface area contributed by atoms with Crippen LogP contribution < -0.4 is 0 Å². The van der Waals surface area contributed by atoms with Crippen molar-refractivity contribution in [3.05, 3.63) is 132 Å². The molecule has 0 N–H and O–H groups in total. The standard InChI is InChI=1S/C26H26N.C15H22.Ir/c1-16(2)13-17-14-19-11-12-27-25-21-10-9-18-7-5-6-8-20(18)24(21)26(3,4)22(15-17)23(19)25;1-12(2)10-15(11-13(3)4)14-8-6-5-7-9-14;/h5-9,11-12,14-16,22-23H,13H2,1-4H3;5-13,15H,1-4H3;/q-1;-2;+3. The molecule has 2 unspecified atom stereocenters. The van der Waals surface area contributed by atoms with Crippen molar-refractivity contribution in [2.45, 2.75) is 73.1 Å². The molecular formula is C41H48IrN. The molecule has 0 aromatic heterocycles. The molecule has 0 amide bonds. The van der Waals surface area contributed by atoms with E-state index < -0.39 is 0 Å². The third-order valence-electron chi connectivity index (χ3n) is 8.84. The van der Waals surface area contributed by atoms with Crippen molar-refractivity contribution < 1.29 is 20.1 Å². The van der Waals surface area contributed by atoms with Crippen molar-refractivity contribution in [3.63, 3.8) is 0 Å². The van der Waals surface area contributed by atoms with Gasteiger partial charge in [-0.3, -0.25) is 5.92 Å². The fraction of sp³-hybridized carbons (Fsp3) is 0.390. The molecule has 0 spiro atoms. The van der Waals surface area contributed by atoms with Crippen LogP contribution >= 0.6 is 0 Å². The first-order valence-corrected chi connectivity index (χ1v) is 15.9. The summed E-state index contributed by atoms with van der Waals surface area (Å²) in [6.45, 7) is 18.4. The first kappa shape index (κ1) is 33.4. The Balaban J connectivity index is 0.000000228. The van der Waals surface area contributed by atoms with Gasteiger partial charge >= 0.3 is 20.1 Å².